The van der Waals surface area contributed by atoms with Gasteiger partial charge in [0.15, 0.2) is 25.2 Å². The lowest BCUT2D eigenvalue weighted by Crippen LogP contribution is -2.78. The average molecular weight is 1100 g/mol. The molecule has 1 aromatic carbocycles. The van der Waals surface area contributed by atoms with E-state index in [1.54, 1.807) is 58.2 Å². The highest BCUT2D eigenvalue weighted by molar-refractivity contribution is 5.89. The average Bonchev–Trinajstić information content (AvgIpc) is 3.83. The number of methoxy groups -OCH3 is 3. The van der Waals surface area contributed by atoms with Crippen molar-refractivity contribution in [2.75, 3.05) is 27.9 Å². The monoisotopic (exact) mass is 1100 g/mol. The Morgan fingerprint density at radius 2 is 1.30 bits per heavy atom. The summed E-state index contributed by atoms with van der Waals surface area (Å²) in [6.07, 6.45) is -16.4. The van der Waals surface area contributed by atoms with Crippen LogP contribution in [0.4, 0.5) is 0 Å². The Bertz CT molecular complexity index is 2210. The van der Waals surface area contributed by atoms with Gasteiger partial charge in [0.1, 0.15) is 77.8 Å². The Morgan fingerprint density at radius 1 is 0.701 bits per heavy atom. The van der Waals surface area contributed by atoms with Crippen molar-refractivity contribution < 1.29 is 108 Å². The predicted molar refractivity (Wildman–Crippen MR) is 266 cm³/mol. The van der Waals surface area contributed by atoms with Gasteiger partial charge in [0.25, 0.3) is 0 Å². The van der Waals surface area contributed by atoms with Crippen LogP contribution in [0.5, 0.6) is 0 Å². The molecule has 0 amide bonds. The lowest BCUT2D eigenvalue weighted by molar-refractivity contribution is -0.373. The SMILES string of the molecule is CO[C@H]1[C@@H](O)[C@H](O[C@@H]2[C@@H](C)O[C@@H](O[C@H]3[C@@H](OC)C[C@H](O[C@H]4CC[C@@]5(C)C(=CC[C@]6(O)[C@@H]5C[C@@H](OC(=O)c5ccccc5)[C@@]5(C)[C@]6(O)CC[C@@]5(O)[C@@H](C)O)C4)O[C@@H]3C)C[C@H]2OC)O[C@H](C)[C@H]1O[C@@H]1O[C@H](CO)[C@@H](O)[C@H](O)[C@H]1O. The van der Waals surface area contributed by atoms with Gasteiger partial charge < -0.3 is 103 Å². The number of carbonyl (C=O) groups excluding carboxylic acids is 1. The number of ether oxygens (including phenoxy) is 12. The minimum absolute atomic E-state index is 0.00104. The molecule has 4 saturated heterocycles. The smallest absolute Gasteiger partial charge is 0.338 e. The van der Waals surface area contributed by atoms with Crippen LogP contribution < -0.4 is 0 Å². The van der Waals surface area contributed by atoms with Gasteiger partial charge in [-0.15, -0.1) is 0 Å². The maximum Gasteiger partial charge on any atom is 0.338 e. The van der Waals surface area contributed by atoms with Gasteiger partial charge in [-0.3, -0.25) is 0 Å². The summed E-state index contributed by atoms with van der Waals surface area (Å²) in [5, 5.41) is 102. The summed E-state index contributed by atoms with van der Waals surface area (Å²) < 4.78 is 74.2. The third kappa shape index (κ3) is 10.1. The number of aliphatic hydroxyl groups excluding tert-OH is 6. The van der Waals surface area contributed by atoms with Crippen molar-refractivity contribution in [3.05, 3.63) is 47.5 Å². The van der Waals surface area contributed by atoms with E-state index in [1.807, 2.05) is 13.0 Å². The fourth-order valence-electron chi connectivity index (χ4n) is 14.9. The highest BCUT2D eigenvalue weighted by atomic mass is 16.8. The second-order valence-electron chi connectivity index (χ2n) is 23.4. The second-order valence-corrected chi connectivity index (χ2v) is 23.4. The number of rotatable bonds is 15. The van der Waals surface area contributed by atoms with Gasteiger partial charge in [0, 0.05) is 40.1 Å². The summed E-state index contributed by atoms with van der Waals surface area (Å²) in [6.45, 7) is 9.88. The first-order chi connectivity index (χ1) is 36.4. The summed E-state index contributed by atoms with van der Waals surface area (Å²) in [5.41, 5.74) is -6.41. The van der Waals surface area contributed by atoms with Crippen molar-refractivity contribution in [1.29, 1.82) is 0 Å². The van der Waals surface area contributed by atoms with Gasteiger partial charge in [0.05, 0.1) is 60.3 Å². The molecule has 8 aliphatic rings. The van der Waals surface area contributed by atoms with E-state index in [2.05, 4.69) is 6.92 Å². The van der Waals surface area contributed by atoms with Crippen LogP contribution in [0.15, 0.2) is 42.0 Å². The van der Waals surface area contributed by atoms with Gasteiger partial charge >= 0.3 is 5.97 Å². The zero-order chi connectivity index (χ0) is 55.7. The van der Waals surface area contributed by atoms with Crippen LogP contribution in [0.3, 0.4) is 0 Å². The number of carbonyl (C=O) groups is 1. The zero-order valence-electron chi connectivity index (χ0n) is 45.6. The normalized spacial score (nSPS) is 50.4. The van der Waals surface area contributed by atoms with E-state index in [0.717, 1.165) is 5.57 Å². The molecule has 0 unspecified atom stereocenters. The largest absolute Gasteiger partial charge is 0.458 e. The van der Waals surface area contributed by atoms with Crippen LogP contribution >= 0.6 is 0 Å². The first-order valence-corrected chi connectivity index (χ1v) is 27.4. The molecule has 4 aliphatic carbocycles. The molecule has 436 valence electrons. The molecule has 77 heavy (non-hydrogen) atoms. The van der Waals surface area contributed by atoms with Crippen molar-refractivity contribution in [1.82, 2.24) is 0 Å². The Labute approximate surface area is 449 Å². The zero-order valence-corrected chi connectivity index (χ0v) is 45.6. The molecule has 9 rings (SSSR count). The summed E-state index contributed by atoms with van der Waals surface area (Å²) in [7, 11) is 4.50. The minimum Gasteiger partial charge on any atom is -0.458 e. The lowest BCUT2D eigenvalue weighted by atomic mass is 9.42. The van der Waals surface area contributed by atoms with Crippen molar-refractivity contribution in [3.63, 3.8) is 0 Å². The van der Waals surface area contributed by atoms with E-state index in [0.29, 0.717) is 31.2 Å². The van der Waals surface area contributed by atoms with E-state index < -0.39 is 169 Å². The molecule has 9 N–H and O–H groups in total. The topological polar surface area (TPSA) is 310 Å². The van der Waals surface area contributed by atoms with Crippen LogP contribution in [0.25, 0.3) is 0 Å². The Hall–Kier alpha value is -2.37. The molecule has 0 spiro atoms. The number of esters is 1. The molecule has 27 atom stereocenters. The van der Waals surface area contributed by atoms with E-state index in [4.69, 9.17) is 56.8 Å². The Morgan fingerprint density at radius 3 is 1.91 bits per heavy atom. The van der Waals surface area contributed by atoms with Crippen molar-refractivity contribution in [2.24, 2.45) is 16.7 Å². The van der Waals surface area contributed by atoms with Crippen LogP contribution in [0, 0.1) is 16.7 Å². The lowest BCUT2D eigenvalue weighted by Gasteiger charge is -2.67. The highest BCUT2D eigenvalue weighted by Crippen LogP contribution is 2.71. The van der Waals surface area contributed by atoms with E-state index in [-0.39, 0.29) is 38.2 Å². The molecular formula is C55H84O22. The number of fused-ring (bicyclic) bond motifs is 5. The Kier molecular flexibility index (Phi) is 17.5. The third-order valence-corrected chi connectivity index (χ3v) is 19.5. The molecule has 22 nitrogen and oxygen atoms in total. The first kappa shape index (κ1) is 59.3. The number of aliphatic hydroxyl groups is 9. The molecule has 0 aromatic heterocycles. The molecule has 22 heteroatoms. The number of hydrogen-bond acceptors (Lipinski definition) is 22. The fraction of sp³-hybridized carbons (Fsp3) is 0.836. The van der Waals surface area contributed by atoms with Crippen molar-refractivity contribution in [3.8, 4) is 0 Å². The van der Waals surface area contributed by atoms with Crippen LogP contribution in [0.1, 0.15) is 110 Å². The molecule has 7 fully saturated rings. The molecule has 1 aromatic rings. The molecule has 4 heterocycles. The van der Waals surface area contributed by atoms with E-state index in [1.165, 1.54) is 21.1 Å². The molecule has 0 radical (unpaired) electrons. The molecular weight excluding hydrogens is 1010 g/mol. The van der Waals surface area contributed by atoms with Crippen LogP contribution in [0.2, 0.25) is 0 Å². The minimum atomic E-state index is -1.93. The molecule has 0 bridgehead atoms. The summed E-state index contributed by atoms with van der Waals surface area (Å²) in [5.74, 6) is -1.19. The first-order valence-electron chi connectivity index (χ1n) is 27.4. The fourth-order valence-corrected chi connectivity index (χ4v) is 14.9. The van der Waals surface area contributed by atoms with Gasteiger partial charge in [0.2, 0.25) is 0 Å². The summed E-state index contributed by atoms with van der Waals surface area (Å²) in [6, 6.07) is 8.52. The predicted octanol–water partition coefficient (Wildman–Crippen LogP) is 0.888. The number of hydrogen-bond donors (Lipinski definition) is 9. The van der Waals surface area contributed by atoms with E-state index in [9.17, 15) is 50.8 Å². The van der Waals surface area contributed by atoms with Gasteiger partial charge in [-0.1, -0.05) is 43.7 Å². The maximum absolute atomic E-state index is 13.8. The quantitative estimate of drug-likeness (QED) is 0.0870. The second kappa shape index (κ2) is 22.8. The van der Waals surface area contributed by atoms with Crippen molar-refractivity contribution in [2.45, 2.75) is 245 Å². The summed E-state index contributed by atoms with van der Waals surface area (Å²) >= 11 is 0. The standard InChI is InChI=1S/C55H84O22/c1-26-44(75-39-23-34(67-8)45(27(2)70-39)76-50-43(61)47(68-9)46(28(3)71-50)77-49-42(60)41(59)40(58)35(25-56)73-49)33(66-7)22-38(69-26)72-32-16-17-51(5)31(21-32)15-18-54(64)36(51)24-37(74-48(62)30-13-11-10-12-14-30)52(6)53(63,29(4)57)19-20-55(52,54)65/h10-15,26-29,32-47,49-50,56-61,63-65H,16-25H2,1-9H3/t26-,27-,28-,29-,32+,33+,34-,35-,36-,37-,38+,39+,40-,41+,42-,43-,44-,45-,46-,47+,49+,50+,51+,52-,53-,54+,55-/m1/s1. The molecule has 3 saturated carbocycles. The highest BCUT2D eigenvalue weighted by Gasteiger charge is 2.81. The van der Waals surface area contributed by atoms with Crippen molar-refractivity contribution >= 4 is 5.97 Å². The van der Waals surface area contributed by atoms with Gasteiger partial charge in [-0.05, 0) is 90.2 Å². The van der Waals surface area contributed by atoms with Crippen LogP contribution in [-0.4, -0.2) is 226 Å². The Balaban J connectivity index is 0.816. The number of benzene rings is 1. The summed E-state index contributed by atoms with van der Waals surface area (Å²) in [4.78, 5) is 13.8. The van der Waals surface area contributed by atoms with Gasteiger partial charge in [-0.25, -0.2) is 4.79 Å². The van der Waals surface area contributed by atoms with Crippen LogP contribution in [-0.2, 0) is 56.8 Å². The maximum atomic E-state index is 13.8. The van der Waals surface area contributed by atoms with E-state index >= 15 is 0 Å². The van der Waals surface area contributed by atoms with Gasteiger partial charge in [-0.2, -0.15) is 0 Å². The third-order valence-electron chi connectivity index (χ3n) is 19.5. The molecule has 4 aliphatic heterocycles.